The largest absolute Gasteiger partial charge is 0.448 e. The van der Waals surface area contributed by atoms with Crippen LogP contribution in [0, 0.1) is 0 Å². The lowest BCUT2D eigenvalue weighted by Crippen LogP contribution is -2.39. The third-order valence-electron chi connectivity index (χ3n) is 1.92. The predicted octanol–water partition coefficient (Wildman–Crippen LogP) is -0.460. The van der Waals surface area contributed by atoms with Gasteiger partial charge in [0.05, 0.1) is 6.54 Å². The summed E-state index contributed by atoms with van der Waals surface area (Å²) in [6.45, 7) is 6.12. The van der Waals surface area contributed by atoms with Gasteiger partial charge in [-0.25, -0.2) is 4.79 Å². The molecule has 88 valence electrons. The number of likely N-dealkylation sites (N-methyl/N-ethyl adjacent to an activating group) is 1. The molecule has 0 spiro atoms. The first kappa shape index (κ1) is 13.7. The highest BCUT2D eigenvalue weighted by Crippen LogP contribution is 1.86. The molecule has 3 N–H and O–H groups in total. The standard InChI is InChI=1S/C9H19N3O3/c1-3-12(4-2)8(13)7-11-5-6-15-9(10)14/h11H,3-7H2,1-2H3,(H2,10,14). The summed E-state index contributed by atoms with van der Waals surface area (Å²) in [6.07, 6.45) is -0.799. The van der Waals surface area contributed by atoms with E-state index in [1.807, 2.05) is 13.8 Å². The Balaban J connectivity index is 3.50. The average molecular weight is 217 g/mol. The molecule has 0 saturated heterocycles. The molecule has 6 heteroatoms. The van der Waals surface area contributed by atoms with E-state index in [4.69, 9.17) is 5.73 Å². The van der Waals surface area contributed by atoms with Gasteiger partial charge in [-0.3, -0.25) is 4.79 Å². The Morgan fingerprint density at radius 1 is 1.33 bits per heavy atom. The fraction of sp³-hybridized carbons (Fsp3) is 0.778. The molecular formula is C9H19N3O3. The van der Waals surface area contributed by atoms with Crippen molar-refractivity contribution in [3.63, 3.8) is 0 Å². The highest BCUT2D eigenvalue weighted by Gasteiger charge is 2.07. The molecule has 0 aliphatic rings. The lowest BCUT2D eigenvalue weighted by atomic mass is 10.4. The van der Waals surface area contributed by atoms with Gasteiger partial charge < -0.3 is 20.7 Å². The summed E-state index contributed by atoms with van der Waals surface area (Å²) in [6, 6.07) is 0. The van der Waals surface area contributed by atoms with Crippen LogP contribution in [-0.2, 0) is 9.53 Å². The first-order chi connectivity index (χ1) is 7.11. The van der Waals surface area contributed by atoms with Crippen LogP contribution in [0.3, 0.4) is 0 Å². The van der Waals surface area contributed by atoms with Crippen LogP contribution in [0.15, 0.2) is 0 Å². The van der Waals surface area contributed by atoms with Crippen molar-refractivity contribution in [3.05, 3.63) is 0 Å². The summed E-state index contributed by atoms with van der Waals surface area (Å²) in [7, 11) is 0. The van der Waals surface area contributed by atoms with Crippen molar-refractivity contribution in [2.75, 3.05) is 32.8 Å². The van der Waals surface area contributed by atoms with Crippen LogP contribution in [0.1, 0.15) is 13.8 Å². The van der Waals surface area contributed by atoms with E-state index in [2.05, 4.69) is 10.1 Å². The number of carbonyl (C=O) groups excluding carboxylic acids is 2. The third-order valence-corrected chi connectivity index (χ3v) is 1.92. The number of nitrogens with one attached hydrogen (secondary N) is 1. The summed E-state index contributed by atoms with van der Waals surface area (Å²) in [4.78, 5) is 23.4. The number of hydrogen-bond acceptors (Lipinski definition) is 4. The topological polar surface area (TPSA) is 84.7 Å². The number of carbonyl (C=O) groups is 2. The second kappa shape index (κ2) is 8.05. The average Bonchev–Trinajstić information content (AvgIpc) is 2.18. The fourth-order valence-corrected chi connectivity index (χ4v) is 1.11. The van der Waals surface area contributed by atoms with Crippen LogP contribution in [0.4, 0.5) is 4.79 Å². The van der Waals surface area contributed by atoms with Gasteiger partial charge in [0.15, 0.2) is 0 Å². The van der Waals surface area contributed by atoms with Crippen molar-refractivity contribution in [1.82, 2.24) is 10.2 Å². The van der Waals surface area contributed by atoms with Crippen LogP contribution in [0.2, 0.25) is 0 Å². The Morgan fingerprint density at radius 2 is 1.93 bits per heavy atom. The maximum atomic E-state index is 11.4. The van der Waals surface area contributed by atoms with Crippen LogP contribution >= 0.6 is 0 Å². The quantitative estimate of drug-likeness (QED) is 0.565. The molecule has 0 aliphatic carbocycles. The van der Waals surface area contributed by atoms with E-state index in [9.17, 15) is 9.59 Å². The number of nitrogens with two attached hydrogens (primary N) is 1. The maximum absolute atomic E-state index is 11.4. The molecule has 0 heterocycles. The first-order valence-electron chi connectivity index (χ1n) is 5.02. The second-order valence-corrected chi connectivity index (χ2v) is 2.91. The minimum Gasteiger partial charge on any atom is -0.448 e. The summed E-state index contributed by atoms with van der Waals surface area (Å²) < 4.78 is 4.49. The summed E-state index contributed by atoms with van der Waals surface area (Å²) in [5.74, 6) is 0.0408. The molecule has 0 atom stereocenters. The second-order valence-electron chi connectivity index (χ2n) is 2.91. The molecule has 0 aromatic heterocycles. The Labute approximate surface area is 89.7 Å². The van der Waals surface area contributed by atoms with Crippen molar-refractivity contribution >= 4 is 12.0 Å². The normalized spacial score (nSPS) is 9.73. The van der Waals surface area contributed by atoms with Gasteiger partial charge >= 0.3 is 6.09 Å². The first-order valence-corrected chi connectivity index (χ1v) is 5.02. The molecule has 0 unspecified atom stereocenters. The van der Waals surface area contributed by atoms with Crippen molar-refractivity contribution in [2.24, 2.45) is 5.73 Å². The van der Waals surface area contributed by atoms with Gasteiger partial charge in [0.2, 0.25) is 5.91 Å². The molecule has 6 nitrogen and oxygen atoms in total. The highest BCUT2D eigenvalue weighted by molar-refractivity contribution is 5.78. The molecule has 0 aromatic carbocycles. The SMILES string of the molecule is CCN(CC)C(=O)CNCCOC(N)=O. The summed E-state index contributed by atoms with van der Waals surface area (Å²) >= 11 is 0. The lowest BCUT2D eigenvalue weighted by Gasteiger charge is -2.18. The van der Waals surface area contributed by atoms with Crippen LogP contribution in [0.5, 0.6) is 0 Å². The van der Waals surface area contributed by atoms with Crippen molar-refractivity contribution in [1.29, 1.82) is 0 Å². The number of primary amides is 1. The smallest absolute Gasteiger partial charge is 0.404 e. The van der Waals surface area contributed by atoms with E-state index in [1.54, 1.807) is 4.90 Å². The van der Waals surface area contributed by atoms with E-state index in [1.165, 1.54) is 0 Å². The Hall–Kier alpha value is -1.30. The zero-order chi connectivity index (χ0) is 11.7. The lowest BCUT2D eigenvalue weighted by molar-refractivity contribution is -0.129. The predicted molar refractivity (Wildman–Crippen MR) is 56.3 cm³/mol. The Bertz CT molecular complexity index is 205. The van der Waals surface area contributed by atoms with E-state index >= 15 is 0 Å². The number of amides is 2. The molecule has 0 bridgehead atoms. The van der Waals surface area contributed by atoms with Crippen LogP contribution in [-0.4, -0.2) is 49.7 Å². The summed E-state index contributed by atoms with van der Waals surface area (Å²) in [5.41, 5.74) is 4.76. The minimum atomic E-state index is -0.799. The fourth-order valence-electron chi connectivity index (χ4n) is 1.11. The molecule has 0 aliphatic heterocycles. The number of nitrogens with zero attached hydrogens (tertiary/aromatic N) is 1. The van der Waals surface area contributed by atoms with Gasteiger partial charge in [-0.2, -0.15) is 0 Å². The van der Waals surface area contributed by atoms with Crippen LogP contribution in [0.25, 0.3) is 0 Å². The van der Waals surface area contributed by atoms with Gasteiger partial charge in [-0.15, -0.1) is 0 Å². The van der Waals surface area contributed by atoms with Crippen molar-refractivity contribution < 1.29 is 14.3 Å². The molecule has 0 rings (SSSR count). The van der Waals surface area contributed by atoms with Gasteiger partial charge in [-0.1, -0.05) is 0 Å². The Kier molecular flexibility index (Phi) is 7.35. The van der Waals surface area contributed by atoms with E-state index < -0.39 is 6.09 Å². The zero-order valence-electron chi connectivity index (χ0n) is 9.28. The van der Waals surface area contributed by atoms with Gasteiger partial charge in [0.1, 0.15) is 6.61 Å². The molecule has 2 amide bonds. The van der Waals surface area contributed by atoms with E-state index in [-0.39, 0.29) is 19.1 Å². The molecule has 0 saturated carbocycles. The molecule has 0 fully saturated rings. The van der Waals surface area contributed by atoms with Gasteiger partial charge in [-0.05, 0) is 13.8 Å². The maximum Gasteiger partial charge on any atom is 0.404 e. The highest BCUT2D eigenvalue weighted by atomic mass is 16.5. The van der Waals surface area contributed by atoms with Crippen molar-refractivity contribution in [3.8, 4) is 0 Å². The molecular weight excluding hydrogens is 198 g/mol. The number of ether oxygens (including phenoxy) is 1. The minimum absolute atomic E-state index is 0.0408. The molecule has 0 aromatic rings. The Morgan fingerprint density at radius 3 is 2.40 bits per heavy atom. The molecule has 15 heavy (non-hydrogen) atoms. The van der Waals surface area contributed by atoms with Crippen LogP contribution < -0.4 is 11.1 Å². The monoisotopic (exact) mass is 217 g/mol. The van der Waals surface area contributed by atoms with Gasteiger partial charge in [0.25, 0.3) is 0 Å². The zero-order valence-corrected chi connectivity index (χ0v) is 9.28. The van der Waals surface area contributed by atoms with Crippen molar-refractivity contribution in [2.45, 2.75) is 13.8 Å². The van der Waals surface area contributed by atoms with Gasteiger partial charge in [0, 0.05) is 19.6 Å². The van der Waals surface area contributed by atoms with E-state index in [0.29, 0.717) is 19.6 Å². The van der Waals surface area contributed by atoms with E-state index in [0.717, 1.165) is 0 Å². The number of hydrogen-bond donors (Lipinski definition) is 2. The third kappa shape index (κ3) is 6.73. The summed E-state index contributed by atoms with van der Waals surface area (Å²) in [5, 5.41) is 2.87. The number of rotatable bonds is 7. The molecule has 0 radical (unpaired) electrons.